The maximum atomic E-state index is 12.1. The van der Waals surface area contributed by atoms with Crippen LogP contribution in [0.2, 0.25) is 0 Å². The summed E-state index contributed by atoms with van der Waals surface area (Å²) in [7, 11) is 0. The van der Waals surface area contributed by atoms with Gasteiger partial charge in [0.2, 0.25) is 0 Å². The quantitative estimate of drug-likeness (QED) is 0.0819. The van der Waals surface area contributed by atoms with Crippen LogP contribution in [0, 0.1) is 17.8 Å². The minimum atomic E-state index is -0.700. The molecule has 0 heterocycles. The Labute approximate surface area is 214 Å². The van der Waals surface area contributed by atoms with E-state index in [4.69, 9.17) is 5.11 Å². The molecule has 2 N–H and O–H groups in total. The largest absolute Gasteiger partial charge is 0.481 e. The molecule has 0 saturated heterocycles. The fourth-order valence-corrected chi connectivity index (χ4v) is 6.18. The Balaban J connectivity index is 0.000000852. The average Bonchev–Trinajstić information content (AvgIpc) is 3.31. The van der Waals surface area contributed by atoms with Crippen LogP contribution in [0.3, 0.4) is 0 Å². The van der Waals surface area contributed by atoms with Gasteiger partial charge in [0.15, 0.2) is 0 Å². The van der Waals surface area contributed by atoms with Crippen molar-refractivity contribution in [1.29, 1.82) is 0 Å². The van der Waals surface area contributed by atoms with E-state index in [2.05, 4.69) is 22.0 Å². The van der Waals surface area contributed by atoms with Crippen molar-refractivity contribution in [2.24, 2.45) is 17.8 Å². The van der Waals surface area contributed by atoms with E-state index in [0.717, 1.165) is 89.8 Å². The molecule has 0 aromatic rings. The molecule has 0 spiro atoms. The van der Waals surface area contributed by atoms with E-state index in [9.17, 15) is 19.5 Å². The van der Waals surface area contributed by atoms with Crippen molar-refractivity contribution in [3.05, 3.63) is 23.8 Å². The molecule has 2 rings (SSSR count). The molecule has 1 saturated carbocycles. The predicted octanol–water partition coefficient (Wildman–Crippen LogP) is 7.72. The first-order valence-corrected chi connectivity index (χ1v) is 14.2. The van der Waals surface area contributed by atoms with E-state index in [-0.39, 0.29) is 18.3 Å². The maximum Gasteiger partial charge on any atom is 0.307 e. The number of allylic oxidation sites excluding steroid dienone is 4. The lowest BCUT2D eigenvalue weighted by molar-refractivity contribution is -0.144. The van der Waals surface area contributed by atoms with Crippen LogP contribution in [0.1, 0.15) is 110 Å². The topological polar surface area (TPSA) is 91.7 Å². The van der Waals surface area contributed by atoms with E-state index >= 15 is 0 Å². The van der Waals surface area contributed by atoms with Crippen LogP contribution in [-0.2, 0) is 14.4 Å². The first-order valence-electron chi connectivity index (χ1n) is 13.3. The van der Waals surface area contributed by atoms with Gasteiger partial charge < -0.3 is 10.2 Å². The molecule has 194 valence electrons. The van der Waals surface area contributed by atoms with Crippen molar-refractivity contribution in [1.82, 2.24) is 0 Å². The zero-order valence-electron chi connectivity index (χ0n) is 20.9. The summed E-state index contributed by atoms with van der Waals surface area (Å²) in [5, 5.41) is 18.6. The average molecular weight is 542 g/mol. The summed E-state index contributed by atoms with van der Waals surface area (Å²) in [5.74, 6) is -0.841. The molecule has 0 aromatic heterocycles. The van der Waals surface area contributed by atoms with E-state index in [1.807, 2.05) is 13.0 Å². The normalized spacial score (nSPS) is 25.1. The molecule has 0 bridgehead atoms. The van der Waals surface area contributed by atoms with E-state index in [1.54, 1.807) is 0 Å². The lowest BCUT2D eigenvalue weighted by Crippen LogP contribution is -2.34. The van der Waals surface area contributed by atoms with Gasteiger partial charge in [-0.25, -0.2) is 0 Å². The number of carboxylic acids is 2. The number of carboxylic acid groups (broad SMARTS) is 2. The van der Waals surface area contributed by atoms with Crippen molar-refractivity contribution in [3.63, 3.8) is 0 Å². The number of unbranched alkanes of at least 4 members (excludes halogenated alkanes) is 5. The minimum Gasteiger partial charge on any atom is -0.481 e. The molecule has 4 atom stereocenters. The van der Waals surface area contributed by atoms with Crippen LogP contribution in [-0.4, -0.2) is 33.3 Å². The molecule has 1 fully saturated rings. The lowest BCUT2D eigenvalue weighted by Gasteiger charge is -2.36. The van der Waals surface area contributed by atoms with Crippen LogP contribution in [0.15, 0.2) is 23.8 Å². The van der Waals surface area contributed by atoms with Crippen molar-refractivity contribution in [2.75, 3.05) is 0 Å². The Morgan fingerprint density at radius 1 is 1.06 bits per heavy atom. The molecule has 0 radical (unpaired) electrons. The molecular weight excluding hydrogens is 496 g/mol. The molecule has 2 aliphatic carbocycles. The van der Waals surface area contributed by atoms with E-state index in [1.165, 1.54) is 24.5 Å². The Kier molecular flexibility index (Phi) is 17.0. The summed E-state index contributed by atoms with van der Waals surface area (Å²) in [4.78, 5) is 32.6. The van der Waals surface area contributed by atoms with Crippen LogP contribution < -0.4 is 0 Å². The molecular formula is C28H45BrO5. The summed E-state index contributed by atoms with van der Waals surface area (Å²) in [6.45, 7) is 1.99. The van der Waals surface area contributed by atoms with Gasteiger partial charge in [-0.1, -0.05) is 79.1 Å². The van der Waals surface area contributed by atoms with Gasteiger partial charge in [0.05, 0.1) is 5.92 Å². The van der Waals surface area contributed by atoms with Crippen molar-refractivity contribution < 1.29 is 24.6 Å². The highest BCUT2D eigenvalue weighted by Crippen LogP contribution is 2.44. The Bertz CT molecular complexity index is 657. The van der Waals surface area contributed by atoms with Gasteiger partial charge in [-0.15, -0.1) is 0 Å². The first kappa shape index (κ1) is 30.6. The Morgan fingerprint density at radius 3 is 2.32 bits per heavy atom. The van der Waals surface area contributed by atoms with Crippen LogP contribution in [0.4, 0.5) is 0 Å². The number of carbonyl (C=O) groups excluding carboxylic acids is 1. The number of hydrogen-bond acceptors (Lipinski definition) is 3. The van der Waals surface area contributed by atoms with Gasteiger partial charge >= 0.3 is 11.9 Å². The van der Waals surface area contributed by atoms with Crippen molar-refractivity contribution >= 4 is 34.2 Å². The van der Waals surface area contributed by atoms with E-state index in [0.29, 0.717) is 10.7 Å². The number of hydrogen-bond donors (Lipinski definition) is 2. The molecule has 34 heavy (non-hydrogen) atoms. The zero-order valence-corrected chi connectivity index (χ0v) is 22.5. The van der Waals surface area contributed by atoms with Crippen LogP contribution in [0.25, 0.3) is 0 Å². The Hall–Kier alpha value is -1.43. The van der Waals surface area contributed by atoms with Gasteiger partial charge in [0.1, 0.15) is 6.29 Å². The van der Waals surface area contributed by atoms with Gasteiger partial charge in [0, 0.05) is 11.2 Å². The van der Waals surface area contributed by atoms with Gasteiger partial charge in [-0.2, -0.15) is 0 Å². The summed E-state index contributed by atoms with van der Waals surface area (Å²) in [6.07, 6.45) is 22.5. The Morgan fingerprint density at radius 2 is 1.76 bits per heavy atom. The fraction of sp³-hybridized carbons (Fsp3) is 0.750. The highest BCUT2D eigenvalue weighted by Gasteiger charge is 2.38. The molecule has 5 nitrogen and oxygen atoms in total. The molecule has 0 aliphatic heterocycles. The van der Waals surface area contributed by atoms with Crippen molar-refractivity contribution in [3.8, 4) is 0 Å². The molecule has 2 aliphatic rings. The molecule has 0 aromatic carbocycles. The van der Waals surface area contributed by atoms with Gasteiger partial charge in [0.25, 0.3) is 0 Å². The molecule has 6 heteroatoms. The van der Waals surface area contributed by atoms with Crippen molar-refractivity contribution in [2.45, 2.75) is 114 Å². The predicted molar refractivity (Wildman–Crippen MR) is 141 cm³/mol. The number of aliphatic carboxylic acids is 2. The number of aldehydes is 1. The SMILES string of the molecule is CCC=CC=O.O=C(O)CCCCCCCCC1CC(Br)CCCC(C(=O)O)C1C1=CCCC1. The third-order valence-corrected chi connectivity index (χ3v) is 7.85. The second-order valence-electron chi connectivity index (χ2n) is 9.69. The second kappa shape index (κ2) is 18.8. The summed E-state index contributed by atoms with van der Waals surface area (Å²) in [6, 6.07) is 0. The van der Waals surface area contributed by atoms with Crippen LogP contribution in [0.5, 0.6) is 0 Å². The molecule has 0 amide bonds. The minimum absolute atomic E-state index is 0.217. The zero-order chi connectivity index (χ0) is 25.2. The lowest BCUT2D eigenvalue weighted by atomic mass is 9.69. The fourth-order valence-electron chi connectivity index (χ4n) is 5.38. The number of alkyl halides is 1. The highest BCUT2D eigenvalue weighted by molar-refractivity contribution is 9.09. The maximum absolute atomic E-state index is 12.1. The highest BCUT2D eigenvalue weighted by atomic mass is 79.9. The summed E-state index contributed by atoms with van der Waals surface area (Å²) >= 11 is 3.85. The number of halogens is 1. The van der Waals surface area contributed by atoms with Gasteiger partial charge in [-0.05, 0) is 75.7 Å². The standard InChI is InChI=1S/C23H37BrO4.C5H8O/c24-19-13-9-14-20(23(27)28)22(17-10-7-8-11-17)18(16-19)12-5-3-1-2-4-6-15-21(25)26;1-2-3-4-5-6/h10,18-20,22H,1-9,11-16H2,(H,25,26)(H,27,28);3-5H,2H2,1H3. The summed E-state index contributed by atoms with van der Waals surface area (Å²) < 4.78 is 0. The molecule has 4 unspecified atom stereocenters. The first-order chi connectivity index (χ1) is 16.4. The summed E-state index contributed by atoms with van der Waals surface area (Å²) in [5.41, 5.74) is 1.42. The third kappa shape index (κ3) is 12.9. The van der Waals surface area contributed by atoms with E-state index < -0.39 is 11.9 Å². The number of rotatable bonds is 13. The number of carbonyl (C=O) groups is 3. The third-order valence-electron chi connectivity index (χ3n) is 7.02. The second-order valence-corrected chi connectivity index (χ2v) is 11.0. The smallest absolute Gasteiger partial charge is 0.307 e. The monoisotopic (exact) mass is 540 g/mol. The van der Waals surface area contributed by atoms with Crippen LogP contribution >= 0.6 is 15.9 Å². The van der Waals surface area contributed by atoms with Gasteiger partial charge in [-0.3, -0.25) is 14.4 Å².